The van der Waals surface area contributed by atoms with Crippen LogP contribution < -0.4 is 21.0 Å². The Morgan fingerprint density at radius 2 is 1.77 bits per heavy atom. The summed E-state index contributed by atoms with van der Waals surface area (Å²) < 4.78 is 26.1. The highest BCUT2D eigenvalue weighted by atomic mass is 35.5. The zero-order valence-corrected chi connectivity index (χ0v) is 46.2. The summed E-state index contributed by atoms with van der Waals surface area (Å²) in [6.45, 7) is 9.96. The van der Waals surface area contributed by atoms with E-state index in [0.717, 1.165) is 59.0 Å². The standard InChI is InChI=1S/C56H80ClN7O11/c1-35-19-18-23-46(72-10)56(71)32-45(73-54(70)60-56)37(3)52-55(5,75-52)47(31-50(68)63(9)44-29-39(27-35)28-36(2)51(44)57)74-53(69)38(4)62(8)49(67)24-15-13-11-12-14-21-41(34-65)59-48(66)25-26-64-42(33-61(7)58-6)30-40-20-16-17-22-43(40)64/h16-20,22-23,28-30,37-38,41,45-47,52,58,65,71H,11-15,21,24-27,31-34H2,1-10H3,(H,59,66)(H,60,70)/b23-18+,35-19+/t37-,38+,41-,45+,46-,47+,52?,55+,56-/m1/s1. The van der Waals surface area contributed by atoms with Gasteiger partial charge < -0.3 is 48.8 Å². The molecule has 6 rings (SSSR count). The number of ether oxygens (including phenoxy) is 4. The van der Waals surface area contributed by atoms with Crippen LogP contribution >= 0.6 is 11.6 Å². The summed E-state index contributed by atoms with van der Waals surface area (Å²) in [5.41, 5.74) is 5.34. The Hall–Kier alpha value is -5.34. The minimum absolute atomic E-state index is 0.0590. The molecule has 0 aliphatic carbocycles. The number of amides is 4. The number of nitrogens with one attached hydrogen (secondary N) is 3. The number of benzene rings is 2. The minimum Gasteiger partial charge on any atom is -0.457 e. The molecule has 3 aliphatic rings. The number of alkyl carbamates (subject to hydrolysis) is 1. The number of anilines is 1. The van der Waals surface area contributed by atoms with Gasteiger partial charge in [0.05, 0.1) is 42.4 Å². The van der Waals surface area contributed by atoms with Crippen LogP contribution in [0.1, 0.15) is 109 Å². The fourth-order valence-electron chi connectivity index (χ4n) is 10.3. The van der Waals surface area contributed by atoms with E-state index in [1.54, 1.807) is 40.1 Å². The van der Waals surface area contributed by atoms with E-state index in [-0.39, 0.29) is 50.1 Å². The lowest BCUT2D eigenvalue weighted by molar-refractivity contribution is -0.162. The molecule has 4 amide bonds. The van der Waals surface area contributed by atoms with E-state index in [9.17, 15) is 34.2 Å². The number of halogens is 1. The Bertz CT molecular complexity index is 2570. The average Bonchev–Trinajstić information content (AvgIpc) is 3.96. The molecule has 2 aromatic carbocycles. The lowest BCUT2D eigenvalue weighted by Crippen LogP contribution is -2.63. The maximum atomic E-state index is 14.3. The number of esters is 1. The van der Waals surface area contributed by atoms with Gasteiger partial charge in [-0.2, -0.15) is 0 Å². The molecule has 4 heterocycles. The predicted molar refractivity (Wildman–Crippen MR) is 288 cm³/mol. The van der Waals surface area contributed by atoms with Gasteiger partial charge >= 0.3 is 12.1 Å². The monoisotopic (exact) mass is 1060 g/mol. The number of epoxide rings is 1. The third-order valence-corrected chi connectivity index (χ3v) is 15.8. The maximum absolute atomic E-state index is 14.3. The van der Waals surface area contributed by atoms with Crippen molar-refractivity contribution in [2.75, 3.05) is 46.8 Å². The first-order valence-corrected chi connectivity index (χ1v) is 26.6. The van der Waals surface area contributed by atoms with Crippen molar-refractivity contribution in [1.29, 1.82) is 0 Å². The molecule has 2 saturated heterocycles. The number of carbonyl (C=O) groups is 5. The Morgan fingerprint density at radius 1 is 1.05 bits per heavy atom. The molecule has 5 N–H and O–H groups in total. The Kier molecular flexibility index (Phi) is 20.5. The van der Waals surface area contributed by atoms with Crippen LogP contribution in [0.4, 0.5) is 10.5 Å². The molecule has 9 atom stereocenters. The summed E-state index contributed by atoms with van der Waals surface area (Å²) >= 11 is 6.84. The molecule has 0 radical (unpaired) electrons. The van der Waals surface area contributed by atoms with Crippen LogP contribution in [0.2, 0.25) is 5.02 Å². The number of allylic oxidation sites excluding steroid dienone is 3. The molecular formula is C56H80ClN7O11. The summed E-state index contributed by atoms with van der Waals surface area (Å²) in [6, 6.07) is 12.7. The van der Waals surface area contributed by atoms with Crippen LogP contribution in [0, 0.1) is 12.8 Å². The summed E-state index contributed by atoms with van der Waals surface area (Å²) in [6.07, 6.45) is 5.98. The number of aliphatic hydroxyl groups excluding tert-OH is 1. The number of aryl methyl sites for hydroxylation is 2. The number of hydrazine groups is 1. The normalized spacial score (nSPS) is 26.1. The highest BCUT2D eigenvalue weighted by molar-refractivity contribution is 6.34. The van der Waals surface area contributed by atoms with E-state index in [0.29, 0.717) is 43.1 Å². The molecular weight excluding hydrogens is 982 g/mol. The number of unbranched alkanes of at least 4 members (excludes halogenated alkanes) is 4. The number of hydrogen-bond donors (Lipinski definition) is 5. The van der Waals surface area contributed by atoms with Gasteiger partial charge in [0.25, 0.3) is 0 Å². The zero-order chi connectivity index (χ0) is 54.8. The van der Waals surface area contributed by atoms with Crippen molar-refractivity contribution in [2.24, 2.45) is 5.92 Å². The van der Waals surface area contributed by atoms with E-state index in [2.05, 4.69) is 38.8 Å². The van der Waals surface area contributed by atoms with Gasteiger partial charge in [-0.15, -0.1) is 0 Å². The van der Waals surface area contributed by atoms with Crippen LogP contribution in [0.15, 0.2) is 66.3 Å². The number of aliphatic hydroxyl groups is 2. The van der Waals surface area contributed by atoms with Gasteiger partial charge in [0.1, 0.15) is 30.0 Å². The van der Waals surface area contributed by atoms with Crippen LogP contribution in [-0.4, -0.2) is 144 Å². The minimum atomic E-state index is -1.84. The van der Waals surface area contributed by atoms with Crippen molar-refractivity contribution in [3.05, 3.63) is 88.1 Å². The van der Waals surface area contributed by atoms with Crippen LogP contribution in [0.5, 0.6) is 0 Å². The fraction of sp³-hybridized carbons (Fsp3) is 0.589. The van der Waals surface area contributed by atoms with Gasteiger partial charge in [-0.25, -0.2) is 14.6 Å². The van der Waals surface area contributed by atoms with Gasteiger partial charge in [0.15, 0.2) is 5.72 Å². The molecule has 3 aliphatic heterocycles. The summed E-state index contributed by atoms with van der Waals surface area (Å²) in [7, 11) is 8.44. The number of carbonyl (C=O) groups excluding carboxylic acids is 5. The second-order valence-corrected chi connectivity index (χ2v) is 21.3. The number of likely N-dealkylation sites (N-methyl/N-ethyl adjacent to an activating group) is 1. The van der Waals surface area contributed by atoms with Crippen molar-refractivity contribution in [3.8, 4) is 0 Å². The molecule has 4 bridgehead atoms. The number of methoxy groups -OCH3 is 1. The lowest BCUT2D eigenvalue weighted by atomic mass is 9.83. The number of hydrogen-bond acceptors (Lipinski definition) is 13. The predicted octanol–water partition coefficient (Wildman–Crippen LogP) is 6.63. The summed E-state index contributed by atoms with van der Waals surface area (Å²) in [4.78, 5) is 70.8. The summed E-state index contributed by atoms with van der Waals surface area (Å²) in [5.74, 6) is -2.03. The fourth-order valence-corrected chi connectivity index (χ4v) is 10.6. The first kappa shape index (κ1) is 58.9. The molecule has 3 aromatic rings. The third kappa shape index (κ3) is 14.8. The number of para-hydroxylation sites is 1. The highest BCUT2D eigenvalue weighted by Gasteiger charge is 2.64. The Balaban J connectivity index is 1.03. The van der Waals surface area contributed by atoms with E-state index in [1.807, 2.05) is 70.2 Å². The zero-order valence-electron chi connectivity index (χ0n) is 45.4. The Labute approximate surface area is 447 Å². The third-order valence-electron chi connectivity index (χ3n) is 15.3. The van der Waals surface area contributed by atoms with E-state index in [4.69, 9.17) is 30.5 Å². The van der Waals surface area contributed by atoms with Crippen LogP contribution in [0.25, 0.3) is 10.9 Å². The van der Waals surface area contributed by atoms with Crippen LogP contribution in [-0.2, 0) is 57.6 Å². The second kappa shape index (κ2) is 26.1. The second-order valence-electron chi connectivity index (χ2n) is 20.9. The van der Waals surface area contributed by atoms with E-state index >= 15 is 0 Å². The van der Waals surface area contributed by atoms with Crippen molar-refractivity contribution in [2.45, 2.75) is 166 Å². The van der Waals surface area contributed by atoms with Gasteiger partial charge in [-0.3, -0.25) is 25.1 Å². The number of aromatic nitrogens is 1. The van der Waals surface area contributed by atoms with Crippen LogP contribution in [0.3, 0.4) is 0 Å². The molecule has 19 heteroatoms. The molecule has 0 saturated carbocycles. The van der Waals surface area contributed by atoms with Gasteiger partial charge in [-0.1, -0.05) is 92.3 Å². The first-order chi connectivity index (χ1) is 35.6. The first-order valence-electron chi connectivity index (χ1n) is 26.3. The molecule has 0 spiro atoms. The number of fused-ring (bicyclic) bond motifs is 6. The molecule has 1 aromatic heterocycles. The molecule has 412 valence electrons. The van der Waals surface area contributed by atoms with Crippen molar-refractivity contribution >= 4 is 58.0 Å². The smallest absolute Gasteiger partial charge is 0.409 e. The molecule has 75 heavy (non-hydrogen) atoms. The largest absolute Gasteiger partial charge is 0.457 e. The topological polar surface area (TPSA) is 217 Å². The SMILES string of the molecule is CNN(C)Cc1cc2ccccc2n1CCC(=O)N[C@@H](CO)CCCCCCCC(=O)N(C)[C@@H](C)C(=O)O[C@H]1CC(=O)N(C)c2cc(cc(C)c2Cl)C/C(C)=C/C=C/[C@@H](OC)[C@]2(O)C[C@H](OC(=O)N2)[C@@H](C)C2O[C@]21C. The van der Waals surface area contributed by atoms with Gasteiger partial charge in [-0.05, 0) is 88.7 Å². The Morgan fingerprint density at radius 3 is 2.49 bits per heavy atom. The van der Waals surface area contributed by atoms with E-state index in [1.165, 1.54) is 16.9 Å². The molecule has 18 nitrogen and oxygen atoms in total. The number of nitrogens with zero attached hydrogens (tertiary/aromatic N) is 4. The van der Waals surface area contributed by atoms with Gasteiger partial charge in [0.2, 0.25) is 17.7 Å². The van der Waals surface area contributed by atoms with E-state index < -0.39 is 65.7 Å². The summed E-state index contributed by atoms with van der Waals surface area (Å²) in [5, 5.41) is 31.0. The highest BCUT2D eigenvalue weighted by Crippen LogP contribution is 2.49. The van der Waals surface area contributed by atoms with Crippen molar-refractivity contribution in [1.82, 2.24) is 30.5 Å². The van der Waals surface area contributed by atoms with Gasteiger partial charge in [0, 0.05) is 71.2 Å². The molecule has 1 unspecified atom stereocenters. The van der Waals surface area contributed by atoms with Crippen molar-refractivity contribution < 1.29 is 53.1 Å². The lowest BCUT2D eigenvalue weighted by Gasteiger charge is -2.42. The average molecular weight is 1060 g/mol. The maximum Gasteiger partial charge on any atom is 0.409 e. The number of rotatable bonds is 20. The molecule has 2 fully saturated rings. The van der Waals surface area contributed by atoms with Crippen molar-refractivity contribution in [3.63, 3.8) is 0 Å². The quantitative estimate of drug-likeness (QED) is 0.0348.